The highest BCUT2D eigenvalue weighted by Crippen LogP contribution is 2.11. The normalized spacial score (nSPS) is 12.0. The van der Waals surface area contributed by atoms with Crippen molar-refractivity contribution < 1.29 is 13.2 Å². The summed E-state index contributed by atoms with van der Waals surface area (Å²) in [6.45, 7) is 4.85. The minimum atomic E-state index is -3.30. The third kappa shape index (κ3) is 7.52. The van der Waals surface area contributed by atoms with Gasteiger partial charge in [0.25, 0.3) is 0 Å². The number of ether oxygens (including phenoxy) is 1. The van der Waals surface area contributed by atoms with E-state index in [0.717, 1.165) is 5.56 Å². The molecular formula is C13H20ClNO3S. The molecule has 108 valence electrons. The van der Waals surface area contributed by atoms with Crippen molar-refractivity contribution in [1.29, 1.82) is 0 Å². The van der Waals surface area contributed by atoms with E-state index in [0.29, 0.717) is 24.6 Å². The molecule has 1 aromatic rings. The molecular weight excluding hydrogens is 286 g/mol. The van der Waals surface area contributed by atoms with Crippen LogP contribution in [0.5, 0.6) is 0 Å². The van der Waals surface area contributed by atoms with Gasteiger partial charge in [-0.3, -0.25) is 0 Å². The van der Waals surface area contributed by atoms with Gasteiger partial charge in [-0.2, -0.15) is 0 Å². The maximum atomic E-state index is 11.8. The van der Waals surface area contributed by atoms with Gasteiger partial charge in [-0.25, -0.2) is 13.1 Å². The number of benzene rings is 1. The van der Waals surface area contributed by atoms with Gasteiger partial charge >= 0.3 is 0 Å². The molecule has 0 aliphatic rings. The number of nitrogens with one attached hydrogen (secondary N) is 1. The molecule has 0 saturated heterocycles. The van der Waals surface area contributed by atoms with Crippen LogP contribution in [-0.2, 0) is 20.5 Å². The Bertz CT molecular complexity index is 471. The first kappa shape index (κ1) is 16.4. The number of hydrogen-bond acceptors (Lipinski definition) is 3. The van der Waals surface area contributed by atoms with Gasteiger partial charge < -0.3 is 4.74 Å². The third-order valence-electron chi connectivity index (χ3n) is 2.36. The van der Waals surface area contributed by atoms with Crippen molar-refractivity contribution in [3.8, 4) is 0 Å². The van der Waals surface area contributed by atoms with E-state index in [9.17, 15) is 8.42 Å². The monoisotopic (exact) mass is 305 g/mol. The highest BCUT2D eigenvalue weighted by Gasteiger charge is 2.10. The van der Waals surface area contributed by atoms with Crippen LogP contribution in [0.1, 0.15) is 25.8 Å². The number of halogens is 1. The fraction of sp³-hybridized carbons (Fsp3) is 0.538. The smallest absolute Gasteiger partial charge is 0.215 e. The minimum Gasteiger partial charge on any atom is -0.379 e. The fourth-order valence-electron chi connectivity index (χ4n) is 1.47. The van der Waals surface area contributed by atoms with Gasteiger partial charge in [-0.15, -0.1) is 0 Å². The molecule has 0 radical (unpaired) electrons. The molecule has 0 bridgehead atoms. The molecule has 0 amide bonds. The van der Waals surface area contributed by atoms with Crippen molar-refractivity contribution in [2.45, 2.75) is 32.1 Å². The lowest BCUT2D eigenvalue weighted by Crippen LogP contribution is -2.27. The van der Waals surface area contributed by atoms with Gasteiger partial charge in [0.05, 0.1) is 11.9 Å². The highest BCUT2D eigenvalue weighted by molar-refractivity contribution is 7.88. The summed E-state index contributed by atoms with van der Waals surface area (Å²) in [5, 5.41) is 0.597. The van der Waals surface area contributed by atoms with Crippen LogP contribution in [0.4, 0.5) is 0 Å². The lowest BCUT2D eigenvalue weighted by molar-refractivity contribution is 0.0778. The molecule has 0 aliphatic heterocycles. The largest absolute Gasteiger partial charge is 0.379 e. The molecule has 0 heterocycles. The van der Waals surface area contributed by atoms with Crippen molar-refractivity contribution in [2.75, 3.05) is 13.2 Å². The molecule has 1 rings (SSSR count). The van der Waals surface area contributed by atoms with Crippen LogP contribution in [0, 0.1) is 0 Å². The SMILES string of the molecule is CC(C)OCCCNS(=O)(=O)Cc1ccc(Cl)cc1. The Morgan fingerprint density at radius 2 is 1.89 bits per heavy atom. The summed E-state index contributed by atoms with van der Waals surface area (Å²) < 4.78 is 31.5. The van der Waals surface area contributed by atoms with Crippen LogP contribution in [0.25, 0.3) is 0 Å². The zero-order valence-electron chi connectivity index (χ0n) is 11.2. The Balaban J connectivity index is 2.34. The Hall–Kier alpha value is -0.620. The first-order chi connectivity index (χ1) is 8.89. The molecule has 1 aromatic carbocycles. The standard InChI is InChI=1S/C13H20ClNO3S/c1-11(2)18-9-3-8-15-19(16,17)10-12-4-6-13(14)7-5-12/h4-7,11,15H,3,8-10H2,1-2H3. The van der Waals surface area contributed by atoms with Gasteiger partial charge in [0.2, 0.25) is 10.0 Å². The van der Waals surface area contributed by atoms with E-state index in [4.69, 9.17) is 16.3 Å². The molecule has 0 aromatic heterocycles. The van der Waals surface area contributed by atoms with E-state index < -0.39 is 10.0 Å². The maximum absolute atomic E-state index is 11.8. The topological polar surface area (TPSA) is 55.4 Å². The summed E-state index contributed by atoms with van der Waals surface area (Å²) >= 11 is 5.75. The Morgan fingerprint density at radius 3 is 2.47 bits per heavy atom. The first-order valence-electron chi connectivity index (χ1n) is 6.22. The predicted octanol–water partition coefficient (Wildman–Crippen LogP) is 2.57. The zero-order chi connectivity index (χ0) is 14.3. The summed E-state index contributed by atoms with van der Waals surface area (Å²) in [6.07, 6.45) is 0.837. The molecule has 0 unspecified atom stereocenters. The Kier molecular flexibility index (Phi) is 6.79. The molecule has 0 aliphatic carbocycles. The van der Waals surface area contributed by atoms with E-state index in [-0.39, 0.29) is 11.9 Å². The first-order valence-corrected chi connectivity index (χ1v) is 8.25. The van der Waals surface area contributed by atoms with Gasteiger partial charge in [-0.1, -0.05) is 23.7 Å². The van der Waals surface area contributed by atoms with Crippen LogP contribution in [0.2, 0.25) is 5.02 Å². The fourth-order valence-corrected chi connectivity index (χ4v) is 2.78. The highest BCUT2D eigenvalue weighted by atomic mass is 35.5. The lowest BCUT2D eigenvalue weighted by atomic mass is 10.2. The van der Waals surface area contributed by atoms with E-state index >= 15 is 0 Å². The van der Waals surface area contributed by atoms with Crippen LogP contribution in [0.3, 0.4) is 0 Å². The predicted molar refractivity (Wildman–Crippen MR) is 77.8 cm³/mol. The summed E-state index contributed by atoms with van der Waals surface area (Å²) in [7, 11) is -3.30. The van der Waals surface area contributed by atoms with E-state index in [1.54, 1.807) is 24.3 Å². The van der Waals surface area contributed by atoms with Crippen molar-refractivity contribution in [1.82, 2.24) is 4.72 Å². The van der Waals surface area contributed by atoms with Crippen LogP contribution in [-0.4, -0.2) is 27.7 Å². The minimum absolute atomic E-state index is 0.0325. The number of rotatable bonds is 8. The van der Waals surface area contributed by atoms with Crippen LogP contribution >= 0.6 is 11.6 Å². The summed E-state index contributed by atoms with van der Waals surface area (Å²) in [5.41, 5.74) is 0.718. The number of sulfonamides is 1. The number of hydrogen-bond donors (Lipinski definition) is 1. The summed E-state index contributed by atoms with van der Waals surface area (Å²) in [4.78, 5) is 0. The van der Waals surface area contributed by atoms with Crippen molar-refractivity contribution in [3.63, 3.8) is 0 Å². The van der Waals surface area contributed by atoms with Crippen LogP contribution in [0.15, 0.2) is 24.3 Å². The quantitative estimate of drug-likeness (QED) is 0.751. The molecule has 0 spiro atoms. The van der Waals surface area contributed by atoms with Crippen molar-refractivity contribution >= 4 is 21.6 Å². The average Bonchev–Trinajstić information content (AvgIpc) is 2.31. The molecule has 0 atom stereocenters. The van der Waals surface area contributed by atoms with Gasteiger partial charge in [0.15, 0.2) is 0 Å². The molecule has 19 heavy (non-hydrogen) atoms. The van der Waals surface area contributed by atoms with Gasteiger partial charge in [0.1, 0.15) is 0 Å². The zero-order valence-corrected chi connectivity index (χ0v) is 12.8. The summed E-state index contributed by atoms with van der Waals surface area (Å²) in [6, 6.07) is 6.79. The van der Waals surface area contributed by atoms with E-state index in [1.807, 2.05) is 13.8 Å². The lowest BCUT2D eigenvalue weighted by Gasteiger charge is -2.09. The van der Waals surface area contributed by atoms with Gasteiger partial charge in [-0.05, 0) is 38.0 Å². The second-order valence-corrected chi connectivity index (χ2v) is 6.80. The molecule has 0 saturated carbocycles. The molecule has 4 nitrogen and oxygen atoms in total. The second kappa shape index (κ2) is 7.85. The third-order valence-corrected chi connectivity index (χ3v) is 3.97. The summed E-state index contributed by atoms with van der Waals surface area (Å²) in [5.74, 6) is -0.0325. The second-order valence-electron chi connectivity index (χ2n) is 4.55. The van der Waals surface area contributed by atoms with Gasteiger partial charge in [0, 0.05) is 18.2 Å². The molecule has 0 fully saturated rings. The van der Waals surface area contributed by atoms with Crippen molar-refractivity contribution in [2.24, 2.45) is 0 Å². The molecule has 6 heteroatoms. The Labute approximate surface area is 120 Å². The van der Waals surface area contributed by atoms with Crippen molar-refractivity contribution in [3.05, 3.63) is 34.9 Å². The van der Waals surface area contributed by atoms with E-state index in [1.165, 1.54) is 0 Å². The average molecular weight is 306 g/mol. The van der Waals surface area contributed by atoms with Crippen LogP contribution < -0.4 is 4.72 Å². The van der Waals surface area contributed by atoms with E-state index in [2.05, 4.69) is 4.72 Å². The Morgan fingerprint density at radius 1 is 1.26 bits per heavy atom. The maximum Gasteiger partial charge on any atom is 0.215 e. The molecule has 1 N–H and O–H groups in total.